The van der Waals surface area contributed by atoms with Gasteiger partial charge in [-0.2, -0.15) is 4.31 Å². The van der Waals surface area contributed by atoms with E-state index in [2.05, 4.69) is 5.32 Å². The highest BCUT2D eigenvalue weighted by Gasteiger charge is 2.42. The number of benzene rings is 1. The van der Waals surface area contributed by atoms with Crippen LogP contribution in [0.2, 0.25) is 5.02 Å². The van der Waals surface area contributed by atoms with Crippen molar-refractivity contribution in [2.75, 3.05) is 13.1 Å². The van der Waals surface area contributed by atoms with Crippen molar-refractivity contribution in [3.05, 3.63) is 34.6 Å². The maximum Gasteiger partial charge on any atom is 0.218 e. The van der Waals surface area contributed by atoms with Crippen molar-refractivity contribution in [3.8, 4) is 0 Å². The number of rotatable bonds is 3. The molecule has 0 spiro atoms. The second-order valence-electron chi connectivity index (χ2n) is 5.71. The lowest BCUT2D eigenvalue weighted by atomic mass is 10.1. The molecular formula is C14H19Cl2FN2O2S. The van der Waals surface area contributed by atoms with Gasteiger partial charge in [-0.05, 0) is 43.5 Å². The molecule has 2 saturated heterocycles. The standard InChI is InChI=1S/C14H18ClFN2O2S.ClH/c15-13-7-10(1-4-14(13)16)9-21(19,20)18-11-2-3-12(18)8-17-6-5-11;/h1,4,7,11-12,17H,2-3,5-6,8-9H2;1H. The molecule has 2 unspecified atom stereocenters. The zero-order valence-corrected chi connectivity index (χ0v) is 14.4. The second kappa shape index (κ2) is 7.01. The number of nitrogens with zero attached hydrogens (tertiary/aromatic N) is 1. The normalized spacial score (nSPS) is 25.5. The van der Waals surface area contributed by atoms with Crippen molar-refractivity contribution in [2.24, 2.45) is 0 Å². The zero-order chi connectivity index (χ0) is 15.0. The van der Waals surface area contributed by atoms with Crippen molar-refractivity contribution in [3.63, 3.8) is 0 Å². The van der Waals surface area contributed by atoms with Gasteiger partial charge in [0.15, 0.2) is 0 Å². The Morgan fingerprint density at radius 2 is 2.00 bits per heavy atom. The van der Waals surface area contributed by atoms with Gasteiger partial charge in [0.25, 0.3) is 0 Å². The summed E-state index contributed by atoms with van der Waals surface area (Å²) in [6.45, 7) is 1.56. The van der Waals surface area contributed by atoms with Crippen LogP contribution in [-0.2, 0) is 15.8 Å². The Hall–Kier alpha value is -0.400. The van der Waals surface area contributed by atoms with Crippen molar-refractivity contribution in [1.82, 2.24) is 9.62 Å². The molecule has 1 aromatic rings. The second-order valence-corrected chi connectivity index (χ2v) is 7.99. The minimum Gasteiger partial charge on any atom is -0.315 e. The van der Waals surface area contributed by atoms with Gasteiger partial charge in [-0.25, -0.2) is 12.8 Å². The van der Waals surface area contributed by atoms with Gasteiger partial charge < -0.3 is 5.32 Å². The van der Waals surface area contributed by atoms with Crippen LogP contribution in [0.25, 0.3) is 0 Å². The highest BCUT2D eigenvalue weighted by atomic mass is 35.5. The van der Waals surface area contributed by atoms with E-state index in [4.69, 9.17) is 11.6 Å². The Labute approximate surface area is 141 Å². The molecule has 0 radical (unpaired) electrons. The number of fused-ring (bicyclic) bond motifs is 2. The van der Waals surface area contributed by atoms with E-state index >= 15 is 0 Å². The fraction of sp³-hybridized carbons (Fsp3) is 0.571. The lowest BCUT2D eigenvalue weighted by Gasteiger charge is -2.27. The lowest BCUT2D eigenvalue weighted by Crippen LogP contribution is -2.43. The van der Waals surface area contributed by atoms with Gasteiger partial charge in [0.2, 0.25) is 10.0 Å². The molecule has 2 aliphatic rings. The van der Waals surface area contributed by atoms with Crippen LogP contribution >= 0.6 is 24.0 Å². The van der Waals surface area contributed by atoms with Crippen LogP contribution in [0.4, 0.5) is 4.39 Å². The predicted octanol–water partition coefficient (Wildman–Crippen LogP) is 2.56. The van der Waals surface area contributed by atoms with E-state index in [-0.39, 0.29) is 35.3 Å². The summed E-state index contributed by atoms with van der Waals surface area (Å²) in [5.41, 5.74) is 0.526. The number of halogens is 3. The SMILES string of the molecule is Cl.O=S(=O)(Cc1ccc(F)c(Cl)c1)N1C2CCNCC1CC2. The molecule has 22 heavy (non-hydrogen) atoms. The van der Waals surface area contributed by atoms with E-state index in [0.29, 0.717) is 12.1 Å². The molecule has 1 N–H and O–H groups in total. The molecule has 2 fully saturated rings. The highest BCUT2D eigenvalue weighted by molar-refractivity contribution is 7.88. The third kappa shape index (κ3) is 3.57. The molecule has 0 amide bonds. The first-order chi connectivity index (χ1) is 9.97. The molecule has 1 aromatic carbocycles. The summed E-state index contributed by atoms with van der Waals surface area (Å²) in [5.74, 6) is -0.656. The fourth-order valence-corrected chi connectivity index (χ4v) is 5.56. The minimum atomic E-state index is -3.41. The van der Waals surface area contributed by atoms with E-state index in [1.165, 1.54) is 18.2 Å². The summed E-state index contributed by atoms with van der Waals surface area (Å²) in [6.07, 6.45) is 2.68. The average molecular weight is 369 g/mol. The molecule has 0 aromatic heterocycles. The van der Waals surface area contributed by atoms with Crippen LogP contribution in [-0.4, -0.2) is 37.9 Å². The Bertz CT molecular complexity index is 628. The number of hydrogen-bond acceptors (Lipinski definition) is 3. The number of nitrogens with one attached hydrogen (secondary N) is 1. The Morgan fingerprint density at radius 1 is 1.27 bits per heavy atom. The number of sulfonamides is 1. The molecule has 0 saturated carbocycles. The van der Waals surface area contributed by atoms with Crippen LogP contribution in [0.5, 0.6) is 0 Å². The minimum absolute atomic E-state index is 0. The van der Waals surface area contributed by atoms with E-state index < -0.39 is 15.8 Å². The maximum absolute atomic E-state index is 13.2. The van der Waals surface area contributed by atoms with Crippen molar-refractivity contribution in [2.45, 2.75) is 37.1 Å². The quantitative estimate of drug-likeness (QED) is 0.891. The van der Waals surface area contributed by atoms with Gasteiger partial charge in [-0.15, -0.1) is 12.4 Å². The van der Waals surface area contributed by atoms with E-state index in [0.717, 1.165) is 25.8 Å². The van der Waals surface area contributed by atoms with Gasteiger partial charge in [0.1, 0.15) is 5.82 Å². The largest absolute Gasteiger partial charge is 0.315 e. The maximum atomic E-state index is 13.2. The third-order valence-corrected chi connectivity index (χ3v) is 6.47. The highest BCUT2D eigenvalue weighted by Crippen LogP contribution is 2.32. The van der Waals surface area contributed by atoms with Gasteiger partial charge in [0, 0.05) is 18.6 Å². The van der Waals surface area contributed by atoms with Gasteiger partial charge in [-0.3, -0.25) is 0 Å². The molecule has 3 rings (SSSR count). The Balaban J connectivity index is 0.00000176. The van der Waals surface area contributed by atoms with Crippen molar-refractivity contribution in [1.29, 1.82) is 0 Å². The summed E-state index contributed by atoms with van der Waals surface area (Å²) < 4.78 is 40.3. The summed E-state index contributed by atoms with van der Waals surface area (Å²) >= 11 is 5.73. The fourth-order valence-electron chi connectivity index (χ4n) is 3.31. The van der Waals surface area contributed by atoms with Crippen LogP contribution in [0.3, 0.4) is 0 Å². The van der Waals surface area contributed by atoms with Crippen LogP contribution in [0, 0.1) is 5.82 Å². The molecule has 8 heteroatoms. The van der Waals surface area contributed by atoms with E-state index in [1.807, 2.05) is 0 Å². The topological polar surface area (TPSA) is 49.4 Å². The van der Waals surface area contributed by atoms with E-state index in [9.17, 15) is 12.8 Å². The summed E-state index contributed by atoms with van der Waals surface area (Å²) in [4.78, 5) is 0. The molecule has 2 heterocycles. The molecule has 0 aliphatic carbocycles. The number of hydrogen-bond donors (Lipinski definition) is 1. The molecular weight excluding hydrogens is 350 g/mol. The van der Waals surface area contributed by atoms with Crippen molar-refractivity contribution >= 4 is 34.0 Å². The van der Waals surface area contributed by atoms with Crippen LogP contribution in [0.15, 0.2) is 18.2 Å². The molecule has 124 valence electrons. The smallest absolute Gasteiger partial charge is 0.218 e. The first kappa shape index (κ1) is 17.9. The van der Waals surface area contributed by atoms with Gasteiger partial charge >= 0.3 is 0 Å². The summed E-state index contributed by atoms with van der Waals surface area (Å²) in [5, 5.41) is 3.25. The lowest BCUT2D eigenvalue weighted by molar-refractivity contribution is 0.334. The summed E-state index contributed by atoms with van der Waals surface area (Å²) in [6, 6.07) is 4.22. The molecule has 2 aliphatic heterocycles. The van der Waals surface area contributed by atoms with Crippen LogP contribution in [0.1, 0.15) is 24.8 Å². The van der Waals surface area contributed by atoms with Crippen LogP contribution < -0.4 is 5.32 Å². The summed E-state index contributed by atoms with van der Waals surface area (Å²) in [7, 11) is -3.41. The Morgan fingerprint density at radius 3 is 2.73 bits per heavy atom. The van der Waals surface area contributed by atoms with Gasteiger partial charge in [-0.1, -0.05) is 17.7 Å². The van der Waals surface area contributed by atoms with Crippen molar-refractivity contribution < 1.29 is 12.8 Å². The first-order valence-corrected chi connectivity index (χ1v) is 9.12. The zero-order valence-electron chi connectivity index (χ0n) is 12.0. The average Bonchev–Trinajstić information content (AvgIpc) is 2.68. The third-order valence-electron chi connectivity index (χ3n) is 4.24. The van der Waals surface area contributed by atoms with Gasteiger partial charge in [0.05, 0.1) is 10.8 Å². The Kier molecular flexibility index (Phi) is 5.72. The monoisotopic (exact) mass is 368 g/mol. The molecule has 2 atom stereocenters. The molecule has 4 nitrogen and oxygen atoms in total. The van der Waals surface area contributed by atoms with E-state index in [1.54, 1.807) is 4.31 Å². The predicted molar refractivity (Wildman–Crippen MR) is 87.4 cm³/mol. The molecule has 2 bridgehead atoms. The first-order valence-electron chi connectivity index (χ1n) is 7.13.